The van der Waals surface area contributed by atoms with Gasteiger partial charge >= 0.3 is 0 Å². The van der Waals surface area contributed by atoms with E-state index in [1.165, 1.54) is 0 Å². The number of nitrogens with two attached hydrogens (primary N) is 2. The van der Waals surface area contributed by atoms with Crippen molar-refractivity contribution in [3.8, 4) is 0 Å². The summed E-state index contributed by atoms with van der Waals surface area (Å²) in [6.45, 7) is 4.16. The summed E-state index contributed by atoms with van der Waals surface area (Å²) in [5, 5.41) is 11.4. The highest BCUT2D eigenvalue weighted by Crippen LogP contribution is 2.46. The molecule has 0 spiro atoms. The van der Waals surface area contributed by atoms with Crippen molar-refractivity contribution in [1.82, 2.24) is 35.8 Å². The van der Waals surface area contributed by atoms with Gasteiger partial charge < -0.3 is 27.0 Å². The van der Waals surface area contributed by atoms with Crippen molar-refractivity contribution in [2.45, 2.75) is 134 Å². The number of ketones is 4. The second kappa shape index (κ2) is 20.2. The van der Waals surface area contributed by atoms with Gasteiger partial charge in [-0.1, -0.05) is 18.4 Å². The predicted molar refractivity (Wildman–Crippen MR) is 217 cm³/mol. The van der Waals surface area contributed by atoms with Crippen LogP contribution >= 0.6 is 35.5 Å². The SMILES string of the molecule is C[C@H]1NSC2N[C@@H](CC(N)=O)C(=O)N3CC(=O)C3C3CCC4CN5CCC[C@H]5C(=O)NCC(=O)CC(CNCN[C@@H](CCCCN)C2=O)C(S4)C(CCC1=O)S3. The largest absolute Gasteiger partial charge is 0.370 e. The van der Waals surface area contributed by atoms with Gasteiger partial charge in [-0.15, -0.1) is 0 Å². The molecule has 0 aromatic rings. The number of hydrogen-bond donors (Lipinski definition) is 7. The highest BCUT2D eigenvalue weighted by atomic mass is 32.2. The number of fused-ring (bicyclic) bond motifs is 11. The molecule has 11 atom stereocenters. The first-order chi connectivity index (χ1) is 26.9. The number of hydrogen-bond acceptors (Lipinski definition) is 16. The molecule has 19 heteroatoms. The van der Waals surface area contributed by atoms with Gasteiger partial charge in [0, 0.05) is 53.6 Å². The van der Waals surface area contributed by atoms with Gasteiger partial charge in [-0.3, -0.25) is 53.8 Å². The number of unbranched alkanes of at least 4 members (excludes halogenated alkanes) is 1. The van der Waals surface area contributed by atoms with Crippen molar-refractivity contribution in [1.29, 1.82) is 0 Å². The molecule has 0 aliphatic carbocycles. The molecule has 0 radical (unpaired) electrons. The lowest BCUT2D eigenvalue weighted by Gasteiger charge is -2.48. The van der Waals surface area contributed by atoms with Crippen LogP contribution in [0.15, 0.2) is 0 Å². The Morgan fingerprint density at radius 3 is 2.55 bits per heavy atom. The number of rotatable bonds is 6. The average Bonchev–Trinajstić information content (AvgIpc) is 3.62. The third-order valence-corrected chi connectivity index (χ3v) is 16.8. The third-order valence-electron chi connectivity index (χ3n) is 12.0. The van der Waals surface area contributed by atoms with Crippen LogP contribution in [0.25, 0.3) is 0 Å². The van der Waals surface area contributed by atoms with Crippen LogP contribution in [0.1, 0.15) is 77.6 Å². The van der Waals surface area contributed by atoms with E-state index in [-0.39, 0.29) is 101 Å². The highest BCUT2D eigenvalue weighted by Gasteiger charge is 2.51. The first-order valence-electron chi connectivity index (χ1n) is 20.3. The van der Waals surface area contributed by atoms with Crippen molar-refractivity contribution < 1.29 is 33.6 Å². The van der Waals surface area contributed by atoms with Crippen molar-refractivity contribution >= 4 is 76.3 Å². The maximum atomic E-state index is 14.5. The highest BCUT2D eigenvalue weighted by molar-refractivity contribution is 8.04. The van der Waals surface area contributed by atoms with Gasteiger partial charge in [0.05, 0.1) is 43.7 Å². The minimum atomic E-state index is -1.19. The summed E-state index contributed by atoms with van der Waals surface area (Å²) in [6, 6.07) is -3.61. The monoisotopic (exact) mass is 837 g/mol. The molecule has 6 aliphatic heterocycles. The molecule has 3 amide bonds. The van der Waals surface area contributed by atoms with Crippen molar-refractivity contribution in [2.75, 3.05) is 45.9 Å². The van der Waals surface area contributed by atoms with E-state index in [0.717, 1.165) is 37.8 Å². The maximum Gasteiger partial charge on any atom is 0.241 e. The standard InChI is InChI=1S/C37H59N9O7S3/c1-20-27(48)8-10-30-34-21-13-22(47)16-41-35(52)26-6-4-12-45(26)17-23(54-34)7-9-29(55-30)32-28(49)18-46(32)37(53)25(14-31(39)50)43-36(56-44-20)33(51)24(5-2-3-11-38)42-19-40-15-21/h20-21,23-26,29-30,32,34,36,40,42-44H,2-19,38H2,1H3,(H2,39,50)(H,41,52)/t20-,21?,23?,24+,25+,26+,29?,30?,32?,34?,36?/m1/s1. The first kappa shape index (κ1) is 43.5. The fourth-order valence-electron chi connectivity index (χ4n) is 8.92. The van der Waals surface area contributed by atoms with Crippen LogP contribution in [-0.2, 0) is 33.6 Å². The van der Waals surface area contributed by atoms with Gasteiger partial charge in [-0.25, -0.2) is 0 Å². The number of Topliss-reactive ketones (excluding diaryl/α,β-unsaturated/α-hetero) is 4. The molecule has 16 nitrogen and oxygen atoms in total. The smallest absolute Gasteiger partial charge is 0.241 e. The van der Waals surface area contributed by atoms with E-state index in [4.69, 9.17) is 11.5 Å². The van der Waals surface area contributed by atoms with Crippen molar-refractivity contribution in [2.24, 2.45) is 17.4 Å². The van der Waals surface area contributed by atoms with Crippen LogP contribution in [0, 0.1) is 5.92 Å². The number of primary amides is 1. The minimum Gasteiger partial charge on any atom is -0.370 e. The zero-order valence-electron chi connectivity index (χ0n) is 32.2. The Balaban J connectivity index is 1.46. The van der Waals surface area contributed by atoms with E-state index in [9.17, 15) is 33.6 Å². The lowest BCUT2D eigenvalue weighted by Crippen LogP contribution is -2.68. The van der Waals surface area contributed by atoms with Crippen LogP contribution < -0.4 is 37.5 Å². The maximum absolute atomic E-state index is 14.5. The van der Waals surface area contributed by atoms with Gasteiger partial charge in [-0.05, 0) is 70.9 Å². The van der Waals surface area contributed by atoms with Crippen LogP contribution in [0.2, 0.25) is 0 Å². The average molecular weight is 838 g/mol. The number of amides is 3. The summed E-state index contributed by atoms with van der Waals surface area (Å²) in [5.74, 6) is -2.02. The summed E-state index contributed by atoms with van der Waals surface area (Å²) in [5.41, 5.74) is 11.5. The van der Waals surface area contributed by atoms with Crippen LogP contribution in [0.4, 0.5) is 0 Å². The summed E-state index contributed by atoms with van der Waals surface area (Å²) < 4.78 is 3.18. The molecule has 312 valence electrons. The number of nitrogens with zero attached hydrogens (tertiary/aromatic N) is 2. The molecule has 0 saturated carbocycles. The molecule has 7 unspecified atom stereocenters. The molecule has 0 aromatic heterocycles. The second-order valence-electron chi connectivity index (χ2n) is 16.1. The second-order valence-corrected chi connectivity index (χ2v) is 20.0. The number of thioether (sulfide) groups is 2. The van der Waals surface area contributed by atoms with Gasteiger partial charge in [0.1, 0.15) is 17.2 Å². The molecular weight excluding hydrogens is 779 g/mol. The quantitative estimate of drug-likeness (QED) is 0.126. The fourth-order valence-corrected chi connectivity index (χ4v) is 13.8. The van der Waals surface area contributed by atoms with E-state index in [1.54, 1.807) is 23.6 Å². The van der Waals surface area contributed by atoms with E-state index in [1.807, 2.05) is 11.8 Å². The summed E-state index contributed by atoms with van der Waals surface area (Å²) in [4.78, 5) is 100.0. The Hall–Kier alpha value is -2.10. The number of nitrogens with one attached hydrogen (secondary N) is 5. The van der Waals surface area contributed by atoms with Crippen LogP contribution in [0.5, 0.6) is 0 Å². The lowest BCUT2D eigenvalue weighted by atomic mass is 9.92. The van der Waals surface area contributed by atoms with Crippen LogP contribution in [0.3, 0.4) is 0 Å². The minimum absolute atomic E-state index is 0.0447. The molecule has 56 heavy (non-hydrogen) atoms. The number of carbonyl (C=O) groups is 7. The zero-order chi connectivity index (χ0) is 39.9. The van der Waals surface area contributed by atoms with Gasteiger partial charge in [0.2, 0.25) is 17.7 Å². The topological polar surface area (TPSA) is 238 Å². The van der Waals surface area contributed by atoms with Gasteiger partial charge in [-0.2, -0.15) is 23.5 Å². The summed E-state index contributed by atoms with van der Waals surface area (Å²) >= 11 is 4.51. The fraction of sp³-hybridized carbons (Fsp3) is 0.811. The molecule has 6 saturated heterocycles. The Kier molecular flexibility index (Phi) is 15.7. The normalized spacial score (nSPS) is 37.3. The Morgan fingerprint density at radius 2 is 1.79 bits per heavy atom. The number of carbonyl (C=O) groups excluding carboxylic acids is 7. The third kappa shape index (κ3) is 10.7. The van der Waals surface area contributed by atoms with E-state index < -0.39 is 41.4 Å². The first-order valence-corrected chi connectivity index (χ1v) is 23.0. The summed E-state index contributed by atoms with van der Waals surface area (Å²) in [6.07, 6.45) is 5.28. The molecule has 6 fully saturated rings. The van der Waals surface area contributed by atoms with E-state index >= 15 is 0 Å². The molecule has 5 bridgehead atoms. The van der Waals surface area contributed by atoms with Crippen LogP contribution in [-0.4, -0.2) is 153 Å². The molecule has 9 N–H and O–H groups in total. The van der Waals surface area contributed by atoms with E-state index in [0.29, 0.717) is 51.7 Å². The molecule has 0 aromatic carbocycles. The molecule has 6 rings (SSSR count). The lowest BCUT2D eigenvalue weighted by molar-refractivity contribution is -0.153. The van der Waals surface area contributed by atoms with Gasteiger partial charge in [0.25, 0.3) is 0 Å². The van der Waals surface area contributed by atoms with E-state index in [2.05, 4.69) is 30.9 Å². The molecular formula is C37H59N9O7S3. The molecule has 6 heterocycles. The van der Waals surface area contributed by atoms with Crippen molar-refractivity contribution in [3.05, 3.63) is 0 Å². The zero-order valence-corrected chi connectivity index (χ0v) is 34.7. The van der Waals surface area contributed by atoms with Gasteiger partial charge in [0.15, 0.2) is 17.3 Å². The Labute approximate surface area is 341 Å². The Bertz CT molecular complexity index is 1490. The molecule has 6 aliphatic rings. The van der Waals surface area contributed by atoms with Crippen molar-refractivity contribution in [3.63, 3.8) is 0 Å². The summed E-state index contributed by atoms with van der Waals surface area (Å²) in [7, 11) is 0. The Morgan fingerprint density at radius 1 is 0.964 bits per heavy atom. The predicted octanol–water partition coefficient (Wildman–Crippen LogP) is -0.964.